The monoisotopic (exact) mass is 276 g/mol. The summed E-state index contributed by atoms with van der Waals surface area (Å²) in [7, 11) is 0. The average molecular weight is 276 g/mol. The lowest BCUT2D eigenvalue weighted by molar-refractivity contribution is 0.281. The Morgan fingerprint density at radius 2 is 1.90 bits per heavy atom. The third kappa shape index (κ3) is 2.95. The van der Waals surface area contributed by atoms with Gasteiger partial charge in [-0.15, -0.1) is 0 Å². The molecule has 1 aromatic heterocycles. The van der Waals surface area contributed by atoms with Crippen molar-refractivity contribution in [1.82, 2.24) is 0 Å². The van der Waals surface area contributed by atoms with Crippen LogP contribution in [0.2, 0.25) is 0 Å². The lowest BCUT2D eigenvalue weighted by atomic mass is 10.0. The van der Waals surface area contributed by atoms with Crippen molar-refractivity contribution in [2.75, 3.05) is 36.9 Å². The van der Waals surface area contributed by atoms with Gasteiger partial charge in [-0.1, -0.05) is 0 Å². The number of rotatable bonds is 6. The molecule has 0 bridgehead atoms. The molecule has 0 unspecified atom stereocenters. The van der Waals surface area contributed by atoms with Crippen molar-refractivity contribution >= 4 is 11.4 Å². The highest BCUT2D eigenvalue weighted by atomic mass is 16.3. The lowest BCUT2D eigenvalue weighted by Gasteiger charge is -2.26. The Bertz CT molecular complexity index is 546. The van der Waals surface area contributed by atoms with E-state index in [1.807, 2.05) is 36.1 Å². The van der Waals surface area contributed by atoms with E-state index in [1.54, 1.807) is 6.26 Å². The minimum Gasteiger partial charge on any atom is -0.464 e. The van der Waals surface area contributed by atoms with Crippen LogP contribution >= 0.6 is 0 Å². The highest BCUT2D eigenvalue weighted by molar-refractivity contribution is 5.80. The number of furan rings is 1. The van der Waals surface area contributed by atoms with Crippen LogP contribution in [0.5, 0.6) is 0 Å². The Hall–Kier alpha value is -1.98. The number of aliphatic hydroxyl groups is 2. The maximum Gasteiger partial charge on any atom is 0.136 e. The van der Waals surface area contributed by atoms with Crippen LogP contribution in [-0.2, 0) is 0 Å². The molecule has 0 aliphatic carbocycles. The summed E-state index contributed by atoms with van der Waals surface area (Å²) in [5, 5.41) is 18.4. The first-order valence-electron chi connectivity index (χ1n) is 6.58. The average Bonchev–Trinajstić information content (AvgIpc) is 2.95. The number of aryl methyl sites for hydroxylation is 1. The third-order valence-electron chi connectivity index (χ3n) is 3.25. The van der Waals surface area contributed by atoms with Gasteiger partial charge in [0.2, 0.25) is 0 Å². The van der Waals surface area contributed by atoms with Gasteiger partial charge in [-0.05, 0) is 36.8 Å². The van der Waals surface area contributed by atoms with Crippen LogP contribution in [0.25, 0.3) is 11.3 Å². The molecular formula is C15H20N2O3. The zero-order valence-electron chi connectivity index (χ0n) is 11.5. The summed E-state index contributed by atoms with van der Waals surface area (Å²) in [6.07, 6.45) is 1.61. The number of nitrogens with two attached hydrogens (primary N) is 1. The molecule has 0 atom stereocenters. The topological polar surface area (TPSA) is 82.9 Å². The lowest BCUT2D eigenvalue weighted by Crippen LogP contribution is -2.30. The Labute approximate surface area is 118 Å². The molecule has 4 N–H and O–H groups in total. The predicted molar refractivity (Wildman–Crippen MR) is 79.7 cm³/mol. The number of aliphatic hydroxyl groups excluding tert-OH is 2. The van der Waals surface area contributed by atoms with Gasteiger partial charge in [-0.25, -0.2) is 0 Å². The van der Waals surface area contributed by atoms with Crippen molar-refractivity contribution in [3.05, 3.63) is 36.1 Å². The van der Waals surface area contributed by atoms with Gasteiger partial charge in [0.1, 0.15) is 5.76 Å². The fraction of sp³-hybridized carbons (Fsp3) is 0.333. The van der Waals surface area contributed by atoms with E-state index < -0.39 is 0 Å². The van der Waals surface area contributed by atoms with E-state index in [0.29, 0.717) is 24.5 Å². The molecule has 0 radical (unpaired) electrons. The fourth-order valence-corrected chi connectivity index (χ4v) is 2.19. The summed E-state index contributed by atoms with van der Waals surface area (Å²) in [4.78, 5) is 1.92. The van der Waals surface area contributed by atoms with Crippen LogP contribution < -0.4 is 10.6 Å². The molecule has 0 fully saturated rings. The molecule has 0 saturated carbocycles. The van der Waals surface area contributed by atoms with Gasteiger partial charge in [0, 0.05) is 30.0 Å². The van der Waals surface area contributed by atoms with E-state index in [0.717, 1.165) is 16.8 Å². The molecule has 5 nitrogen and oxygen atoms in total. The Morgan fingerprint density at radius 1 is 1.20 bits per heavy atom. The van der Waals surface area contributed by atoms with E-state index in [-0.39, 0.29) is 13.2 Å². The highest BCUT2D eigenvalue weighted by Crippen LogP contribution is 2.34. The van der Waals surface area contributed by atoms with E-state index in [9.17, 15) is 10.2 Å². The van der Waals surface area contributed by atoms with Gasteiger partial charge in [0.25, 0.3) is 0 Å². The number of nitrogen functional groups attached to an aromatic ring is 1. The third-order valence-corrected chi connectivity index (χ3v) is 3.25. The second kappa shape index (κ2) is 6.45. The summed E-state index contributed by atoms with van der Waals surface area (Å²) in [6.45, 7) is 2.85. The van der Waals surface area contributed by atoms with Gasteiger partial charge >= 0.3 is 0 Å². The van der Waals surface area contributed by atoms with Gasteiger partial charge in [-0.3, -0.25) is 0 Å². The van der Waals surface area contributed by atoms with Gasteiger partial charge < -0.3 is 25.3 Å². The molecule has 0 aliphatic heterocycles. The van der Waals surface area contributed by atoms with E-state index in [1.165, 1.54) is 0 Å². The zero-order chi connectivity index (χ0) is 14.5. The molecule has 0 saturated heterocycles. The first-order chi connectivity index (χ1) is 9.67. The van der Waals surface area contributed by atoms with Crippen LogP contribution in [-0.4, -0.2) is 36.5 Å². The van der Waals surface area contributed by atoms with Gasteiger partial charge in [-0.2, -0.15) is 0 Å². The second-order valence-corrected chi connectivity index (χ2v) is 4.64. The molecule has 2 rings (SSSR count). The minimum absolute atomic E-state index is 0.0149. The molecule has 20 heavy (non-hydrogen) atoms. The van der Waals surface area contributed by atoms with Crippen molar-refractivity contribution in [1.29, 1.82) is 0 Å². The summed E-state index contributed by atoms with van der Waals surface area (Å²) < 4.78 is 5.45. The molecule has 5 heteroatoms. The Morgan fingerprint density at radius 3 is 2.45 bits per heavy atom. The van der Waals surface area contributed by atoms with Crippen LogP contribution in [0.4, 0.5) is 11.4 Å². The SMILES string of the molecule is Cc1cc(N(CCO)CCO)c(-c2ccco2)cc1N. The number of hydrogen-bond acceptors (Lipinski definition) is 5. The van der Waals surface area contributed by atoms with E-state index in [4.69, 9.17) is 10.2 Å². The standard InChI is InChI=1S/C15H20N2O3/c1-11-9-14(17(4-6-18)5-7-19)12(10-13(11)16)15-3-2-8-20-15/h2-3,8-10,18-19H,4-7,16H2,1H3. The number of benzene rings is 1. The zero-order valence-corrected chi connectivity index (χ0v) is 11.5. The molecule has 2 aromatic rings. The first-order valence-corrected chi connectivity index (χ1v) is 6.58. The molecule has 1 heterocycles. The fourth-order valence-electron chi connectivity index (χ4n) is 2.19. The Balaban J connectivity index is 2.51. The molecule has 0 amide bonds. The normalized spacial score (nSPS) is 10.8. The van der Waals surface area contributed by atoms with Crippen molar-refractivity contribution in [2.45, 2.75) is 6.92 Å². The molecule has 0 spiro atoms. The number of anilines is 2. The first kappa shape index (κ1) is 14.4. The highest BCUT2D eigenvalue weighted by Gasteiger charge is 2.15. The quantitative estimate of drug-likeness (QED) is 0.698. The van der Waals surface area contributed by atoms with E-state index in [2.05, 4.69) is 0 Å². The predicted octanol–water partition coefficient (Wildman–Crippen LogP) is 1.63. The molecule has 1 aromatic carbocycles. The van der Waals surface area contributed by atoms with Crippen LogP contribution in [0.3, 0.4) is 0 Å². The van der Waals surface area contributed by atoms with Crippen molar-refractivity contribution in [2.24, 2.45) is 0 Å². The molecule has 108 valence electrons. The number of nitrogens with zero attached hydrogens (tertiary/aromatic N) is 1. The van der Waals surface area contributed by atoms with Crippen LogP contribution in [0.15, 0.2) is 34.9 Å². The van der Waals surface area contributed by atoms with Crippen LogP contribution in [0.1, 0.15) is 5.56 Å². The maximum atomic E-state index is 9.20. The molecule has 0 aliphatic rings. The number of hydrogen-bond donors (Lipinski definition) is 3. The summed E-state index contributed by atoms with van der Waals surface area (Å²) in [6, 6.07) is 7.50. The maximum absolute atomic E-state index is 9.20. The Kier molecular flexibility index (Phi) is 4.65. The van der Waals surface area contributed by atoms with Gasteiger partial charge in [0.05, 0.1) is 19.5 Å². The van der Waals surface area contributed by atoms with Crippen molar-refractivity contribution < 1.29 is 14.6 Å². The van der Waals surface area contributed by atoms with Crippen molar-refractivity contribution in [3.8, 4) is 11.3 Å². The summed E-state index contributed by atoms with van der Waals surface area (Å²) >= 11 is 0. The largest absolute Gasteiger partial charge is 0.464 e. The molecular weight excluding hydrogens is 256 g/mol. The van der Waals surface area contributed by atoms with Gasteiger partial charge in [0.15, 0.2) is 0 Å². The van der Waals surface area contributed by atoms with Crippen LogP contribution in [0, 0.1) is 6.92 Å². The summed E-state index contributed by atoms with van der Waals surface area (Å²) in [5.41, 5.74) is 9.39. The smallest absolute Gasteiger partial charge is 0.136 e. The minimum atomic E-state index is 0.0149. The van der Waals surface area contributed by atoms with E-state index >= 15 is 0 Å². The second-order valence-electron chi connectivity index (χ2n) is 4.64. The summed E-state index contributed by atoms with van der Waals surface area (Å²) in [5.74, 6) is 0.715. The van der Waals surface area contributed by atoms with Crippen molar-refractivity contribution in [3.63, 3.8) is 0 Å².